The van der Waals surface area contributed by atoms with Crippen LogP contribution in [0.5, 0.6) is 17.2 Å². The number of thiophene rings is 1. The van der Waals surface area contributed by atoms with Gasteiger partial charge in [-0.25, -0.2) is 9.97 Å². The number of nitrogens with zero attached hydrogens (tertiary/aromatic N) is 3. The topological polar surface area (TPSA) is 67.7 Å². The van der Waals surface area contributed by atoms with Crippen LogP contribution in [0.1, 0.15) is 16.8 Å². The molecule has 27 heavy (non-hydrogen) atoms. The Kier molecular flexibility index (Phi) is 4.96. The van der Waals surface area contributed by atoms with Crippen molar-refractivity contribution in [1.29, 1.82) is 0 Å². The lowest BCUT2D eigenvalue weighted by Gasteiger charge is -2.28. The van der Waals surface area contributed by atoms with Crippen LogP contribution in [-0.2, 0) is 19.5 Å². The third kappa shape index (κ3) is 3.61. The summed E-state index contributed by atoms with van der Waals surface area (Å²) in [5.74, 6) is 1.80. The van der Waals surface area contributed by atoms with E-state index in [-0.39, 0.29) is 5.75 Å². The lowest BCUT2D eigenvalue weighted by molar-refractivity contribution is 0.242. The molecule has 140 valence electrons. The number of fused-ring (bicyclic) bond motifs is 1. The highest BCUT2D eigenvalue weighted by atomic mass is 32.1. The van der Waals surface area contributed by atoms with Gasteiger partial charge in [0.2, 0.25) is 5.75 Å². The highest BCUT2D eigenvalue weighted by molar-refractivity contribution is 7.13. The predicted molar refractivity (Wildman–Crippen MR) is 104 cm³/mol. The lowest BCUT2D eigenvalue weighted by Crippen LogP contribution is -2.31. The van der Waals surface area contributed by atoms with E-state index in [0.29, 0.717) is 18.0 Å². The Morgan fingerprint density at radius 1 is 1.26 bits per heavy atom. The van der Waals surface area contributed by atoms with Gasteiger partial charge >= 0.3 is 0 Å². The van der Waals surface area contributed by atoms with Crippen molar-refractivity contribution in [2.24, 2.45) is 0 Å². The highest BCUT2D eigenvalue weighted by Gasteiger charge is 2.20. The molecule has 1 aromatic carbocycles. The van der Waals surface area contributed by atoms with Crippen LogP contribution in [0.4, 0.5) is 0 Å². The molecule has 1 aliphatic rings. The molecule has 0 spiro atoms. The molecule has 0 fully saturated rings. The van der Waals surface area contributed by atoms with Gasteiger partial charge < -0.3 is 14.6 Å². The van der Waals surface area contributed by atoms with E-state index in [1.165, 1.54) is 7.11 Å². The first-order chi connectivity index (χ1) is 13.2. The quantitative estimate of drug-likeness (QED) is 0.727. The predicted octanol–water partition coefficient (Wildman–Crippen LogP) is 3.49. The number of methoxy groups -OCH3 is 2. The number of aromatic hydroxyl groups is 1. The van der Waals surface area contributed by atoms with Gasteiger partial charge in [0, 0.05) is 37.8 Å². The van der Waals surface area contributed by atoms with Gasteiger partial charge in [-0.1, -0.05) is 6.07 Å². The largest absolute Gasteiger partial charge is 0.504 e. The van der Waals surface area contributed by atoms with E-state index in [1.807, 2.05) is 29.8 Å². The summed E-state index contributed by atoms with van der Waals surface area (Å²) in [6.45, 7) is 2.40. The number of phenolic OH excluding ortho intramolecular Hbond substituents is 1. The fourth-order valence-electron chi connectivity index (χ4n) is 3.38. The van der Waals surface area contributed by atoms with Crippen molar-refractivity contribution < 1.29 is 14.6 Å². The minimum atomic E-state index is 0.0909. The van der Waals surface area contributed by atoms with Crippen molar-refractivity contribution in [3.63, 3.8) is 0 Å². The van der Waals surface area contributed by atoms with E-state index in [0.717, 1.165) is 47.0 Å². The van der Waals surface area contributed by atoms with Gasteiger partial charge in [-0.3, -0.25) is 4.90 Å². The van der Waals surface area contributed by atoms with E-state index in [9.17, 15) is 5.11 Å². The minimum absolute atomic E-state index is 0.0909. The Bertz CT molecular complexity index is 944. The van der Waals surface area contributed by atoms with E-state index >= 15 is 0 Å². The SMILES string of the molecule is COc1cc(CN2CCc3nc(-c4cccs4)ncc3C2)cc(O)c1OC. The minimum Gasteiger partial charge on any atom is -0.504 e. The second-order valence-electron chi connectivity index (χ2n) is 6.45. The molecule has 6 nitrogen and oxygen atoms in total. The van der Waals surface area contributed by atoms with Gasteiger partial charge in [-0.05, 0) is 29.1 Å². The fraction of sp³-hybridized carbons (Fsp3) is 0.300. The molecule has 0 bridgehead atoms. The zero-order valence-corrected chi connectivity index (χ0v) is 16.1. The molecule has 1 N–H and O–H groups in total. The van der Waals surface area contributed by atoms with Gasteiger partial charge in [0.15, 0.2) is 17.3 Å². The second kappa shape index (κ2) is 7.54. The Balaban J connectivity index is 1.51. The maximum absolute atomic E-state index is 10.2. The molecular formula is C20H21N3O3S. The van der Waals surface area contributed by atoms with Gasteiger partial charge in [-0.2, -0.15) is 0 Å². The molecule has 0 radical (unpaired) electrons. The molecule has 7 heteroatoms. The number of hydrogen-bond acceptors (Lipinski definition) is 7. The first kappa shape index (κ1) is 17.8. The Labute approximate surface area is 162 Å². The molecule has 0 aliphatic carbocycles. The Morgan fingerprint density at radius 3 is 2.89 bits per heavy atom. The molecule has 0 saturated heterocycles. The van der Waals surface area contributed by atoms with Crippen LogP contribution in [0.25, 0.3) is 10.7 Å². The smallest absolute Gasteiger partial charge is 0.203 e. The monoisotopic (exact) mass is 383 g/mol. The van der Waals surface area contributed by atoms with Crippen molar-refractivity contribution in [3.8, 4) is 28.0 Å². The number of phenols is 1. The number of aromatic nitrogens is 2. The van der Waals surface area contributed by atoms with E-state index < -0.39 is 0 Å². The van der Waals surface area contributed by atoms with Crippen LogP contribution in [0.3, 0.4) is 0 Å². The van der Waals surface area contributed by atoms with Crippen LogP contribution < -0.4 is 9.47 Å². The van der Waals surface area contributed by atoms with Crippen molar-refractivity contribution >= 4 is 11.3 Å². The highest BCUT2D eigenvalue weighted by Crippen LogP contribution is 2.38. The summed E-state index contributed by atoms with van der Waals surface area (Å²) in [5, 5.41) is 12.2. The number of hydrogen-bond donors (Lipinski definition) is 1. The van der Waals surface area contributed by atoms with Crippen molar-refractivity contribution in [1.82, 2.24) is 14.9 Å². The lowest BCUT2D eigenvalue weighted by atomic mass is 10.1. The first-order valence-corrected chi connectivity index (χ1v) is 9.60. The van der Waals surface area contributed by atoms with Crippen molar-refractivity contribution in [2.45, 2.75) is 19.5 Å². The molecule has 3 heterocycles. The summed E-state index contributed by atoms with van der Waals surface area (Å²) in [6, 6.07) is 7.70. The molecule has 0 amide bonds. The first-order valence-electron chi connectivity index (χ1n) is 8.73. The molecule has 0 unspecified atom stereocenters. The summed E-state index contributed by atoms with van der Waals surface area (Å²) in [5.41, 5.74) is 3.26. The maximum Gasteiger partial charge on any atom is 0.203 e. The van der Waals surface area contributed by atoms with Crippen LogP contribution in [0.15, 0.2) is 35.8 Å². The maximum atomic E-state index is 10.2. The van der Waals surface area contributed by atoms with E-state index in [2.05, 4.69) is 9.88 Å². The van der Waals surface area contributed by atoms with Crippen LogP contribution >= 0.6 is 11.3 Å². The Hall–Kier alpha value is -2.64. The number of rotatable bonds is 5. The standard InChI is InChI=1S/C20H21N3O3S/c1-25-17-9-13(8-16(24)19(17)26-2)11-23-6-5-15-14(12-23)10-21-20(22-15)18-4-3-7-27-18/h3-4,7-10,24H,5-6,11-12H2,1-2H3. The van der Waals surface area contributed by atoms with E-state index in [1.54, 1.807) is 24.5 Å². The summed E-state index contributed by atoms with van der Waals surface area (Å²) in [7, 11) is 3.09. The molecule has 4 rings (SSSR count). The van der Waals surface area contributed by atoms with Crippen LogP contribution in [-0.4, -0.2) is 40.7 Å². The second-order valence-corrected chi connectivity index (χ2v) is 7.40. The molecule has 1 aliphatic heterocycles. The third-order valence-corrected chi connectivity index (χ3v) is 5.55. The zero-order chi connectivity index (χ0) is 18.8. The Morgan fingerprint density at radius 2 is 2.15 bits per heavy atom. The van der Waals surface area contributed by atoms with Gasteiger partial charge in [-0.15, -0.1) is 11.3 Å². The van der Waals surface area contributed by atoms with Gasteiger partial charge in [0.1, 0.15) is 0 Å². The van der Waals surface area contributed by atoms with Gasteiger partial charge in [0.05, 0.1) is 24.8 Å². The van der Waals surface area contributed by atoms with Gasteiger partial charge in [0.25, 0.3) is 0 Å². The van der Waals surface area contributed by atoms with Crippen molar-refractivity contribution in [3.05, 3.63) is 52.7 Å². The summed E-state index contributed by atoms with van der Waals surface area (Å²) < 4.78 is 10.5. The van der Waals surface area contributed by atoms with Crippen LogP contribution in [0, 0.1) is 0 Å². The molecule has 0 atom stereocenters. The molecule has 3 aromatic rings. The average Bonchev–Trinajstić information content (AvgIpc) is 3.22. The summed E-state index contributed by atoms with van der Waals surface area (Å²) >= 11 is 1.66. The fourth-order valence-corrected chi connectivity index (χ4v) is 4.05. The molecule has 2 aromatic heterocycles. The van der Waals surface area contributed by atoms with E-state index in [4.69, 9.17) is 14.5 Å². The van der Waals surface area contributed by atoms with Crippen LogP contribution in [0.2, 0.25) is 0 Å². The number of ether oxygens (including phenoxy) is 2. The normalized spacial score (nSPS) is 14.0. The molecule has 0 saturated carbocycles. The third-order valence-electron chi connectivity index (χ3n) is 4.68. The number of benzene rings is 1. The average molecular weight is 383 g/mol. The summed E-state index contributed by atoms with van der Waals surface area (Å²) in [6.07, 6.45) is 2.82. The zero-order valence-electron chi connectivity index (χ0n) is 15.3. The molecular weight excluding hydrogens is 362 g/mol. The van der Waals surface area contributed by atoms with Crippen molar-refractivity contribution in [2.75, 3.05) is 20.8 Å². The summed E-state index contributed by atoms with van der Waals surface area (Å²) in [4.78, 5) is 12.7.